The number of guanidine groups is 1. The topological polar surface area (TPSA) is 63.5 Å². The van der Waals surface area contributed by atoms with Gasteiger partial charge in [0.2, 0.25) is 0 Å². The van der Waals surface area contributed by atoms with Crippen LogP contribution in [-0.4, -0.2) is 43.0 Å². The number of nitrogens with one attached hydrogen (secondary N) is 2. The molecule has 24 heavy (non-hydrogen) atoms. The van der Waals surface area contributed by atoms with Crippen LogP contribution in [0.1, 0.15) is 18.1 Å². The average molecular weight is 443 g/mol. The lowest BCUT2D eigenvalue weighted by Crippen LogP contribution is -2.40. The molecule has 1 aromatic heterocycles. The number of aromatic nitrogens is 2. The molecule has 2 aromatic rings. The molecule has 7 heteroatoms. The zero-order valence-corrected chi connectivity index (χ0v) is 16.5. The van der Waals surface area contributed by atoms with Crippen LogP contribution >= 0.6 is 24.0 Å². The van der Waals surface area contributed by atoms with E-state index in [0.29, 0.717) is 6.54 Å². The minimum atomic E-state index is -0.00109. The molecule has 0 aliphatic rings. The van der Waals surface area contributed by atoms with Gasteiger partial charge in [0.15, 0.2) is 5.96 Å². The molecule has 1 unspecified atom stereocenters. The number of aliphatic imine (C=N–C) groups is 1. The molecule has 1 heterocycles. The Balaban J connectivity index is 0.00000288. The first kappa shape index (κ1) is 20.4. The molecule has 1 aromatic carbocycles. The Morgan fingerprint density at radius 1 is 1.25 bits per heavy atom. The van der Waals surface area contributed by atoms with Gasteiger partial charge in [-0.1, -0.05) is 30.3 Å². The van der Waals surface area contributed by atoms with Crippen molar-refractivity contribution in [2.75, 3.05) is 27.2 Å². The van der Waals surface area contributed by atoms with Gasteiger partial charge in [-0.25, -0.2) is 0 Å². The van der Waals surface area contributed by atoms with E-state index in [1.807, 2.05) is 35.1 Å². The van der Waals surface area contributed by atoms with Gasteiger partial charge in [0.05, 0.1) is 6.10 Å². The Morgan fingerprint density at radius 2 is 2.04 bits per heavy atom. The van der Waals surface area contributed by atoms with E-state index in [2.05, 4.69) is 32.9 Å². The van der Waals surface area contributed by atoms with E-state index in [0.717, 1.165) is 31.0 Å². The molecule has 2 rings (SSSR count). The Morgan fingerprint density at radius 3 is 2.67 bits per heavy atom. The van der Waals surface area contributed by atoms with Crippen molar-refractivity contribution in [2.45, 2.75) is 19.1 Å². The highest BCUT2D eigenvalue weighted by Gasteiger charge is 2.10. The molecule has 132 valence electrons. The summed E-state index contributed by atoms with van der Waals surface area (Å²) in [5.74, 6) is 0.781. The fraction of sp³-hybridized carbons (Fsp3) is 0.412. The molecule has 0 spiro atoms. The Hall–Kier alpha value is -1.61. The molecule has 0 saturated carbocycles. The number of aryl methyl sites for hydroxylation is 1. The first-order chi connectivity index (χ1) is 11.3. The van der Waals surface area contributed by atoms with Crippen LogP contribution in [0.2, 0.25) is 0 Å². The molecule has 0 radical (unpaired) electrons. The van der Waals surface area contributed by atoms with Crippen LogP contribution in [0.3, 0.4) is 0 Å². The molecule has 1 atom stereocenters. The summed E-state index contributed by atoms with van der Waals surface area (Å²) >= 11 is 0. The first-order valence-electron chi connectivity index (χ1n) is 7.83. The molecule has 0 fully saturated rings. The normalized spacial score (nSPS) is 12.3. The van der Waals surface area contributed by atoms with Gasteiger partial charge in [-0.15, -0.1) is 24.0 Å². The molecule has 0 amide bonds. The SMILES string of the molecule is CN=C(NCCCn1cccn1)NCC(OC)c1ccccc1.I. The fourth-order valence-corrected chi connectivity index (χ4v) is 2.30. The maximum atomic E-state index is 5.55. The van der Waals surface area contributed by atoms with Crippen molar-refractivity contribution >= 4 is 29.9 Å². The van der Waals surface area contributed by atoms with Crippen molar-refractivity contribution in [1.82, 2.24) is 20.4 Å². The third-order valence-electron chi connectivity index (χ3n) is 3.55. The minimum absolute atomic E-state index is 0. The van der Waals surface area contributed by atoms with Crippen molar-refractivity contribution in [1.29, 1.82) is 0 Å². The van der Waals surface area contributed by atoms with Crippen molar-refractivity contribution in [3.63, 3.8) is 0 Å². The van der Waals surface area contributed by atoms with Gasteiger partial charge in [-0.05, 0) is 18.1 Å². The van der Waals surface area contributed by atoms with Gasteiger partial charge in [-0.2, -0.15) is 5.10 Å². The second-order valence-electron chi connectivity index (χ2n) is 5.14. The predicted molar refractivity (Wildman–Crippen MR) is 108 cm³/mol. The van der Waals surface area contributed by atoms with E-state index in [1.54, 1.807) is 20.4 Å². The quantitative estimate of drug-likeness (QED) is 0.285. The Labute approximate surface area is 160 Å². The molecular weight excluding hydrogens is 417 g/mol. The fourth-order valence-electron chi connectivity index (χ4n) is 2.30. The first-order valence-corrected chi connectivity index (χ1v) is 7.83. The second kappa shape index (κ2) is 11.9. The molecule has 6 nitrogen and oxygen atoms in total. The van der Waals surface area contributed by atoms with Gasteiger partial charge in [0, 0.05) is 46.2 Å². The van der Waals surface area contributed by atoms with Crippen LogP contribution in [0.4, 0.5) is 0 Å². The Kier molecular flexibility index (Phi) is 10.1. The van der Waals surface area contributed by atoms with E-state index >= 15 is 0 Å². The zero-order valence-electron chi connectivity index (χ0n) is 14.2. The maximum absolute atomic E-state index is 5.55. The summed E-state index contributed by atoms with van der Waals surface area (Å²) in [7, 11) is 3.49. The summed E-state index contributed by atoms with van der Waals surface area (Å²) in [6.45, 7) is 2.39. The van der Waals surface area contributed by atoms with Crippen LogP contribution in [0, 0.1) is 0 Å². The van der Waals surface area contributed by atoms with Crippen molar-refractivity contribution < 1.29 is 4.74 Å². The zero-order chi connectivity index (χ0) is 16.3. The van der Waals surface area contributed by atoms with Gasteiger partial charge in [0.25, 0.3) is 0 Å². The summed E-state index contributed by atoms with van der Waals surface area (Å²) in [6.07, 6.45) is 4.74. The largest absolute Gasteiger partial charge is 0.375 e. The highest BCUT2D eigenvalue weighted by Crippen LogP contribution is 2.14. The maximum Gasteiger partial charge on any atom is 0.191 e. The second-order valence-corrected chi connectivity index (χ2v) is 5.14. The van der Waals surface area contributed by atoms with E-state index in [9.17, 15) is 0 Å². The molecule has 2 N–H and O–H groups in total. The smallest absolute Gasteiger partial charge is 0.191 e. The number of hydrogen-bond donors (Lipinski definition) is 2. The molecule has 0 aliphatic carbocycles. The van der Waals surface area contributed by atoms with E-state index < -0.39 is 0 Å². The van der Waals surface area contributed by atoms with Gasteiger partial charge in [-0.3, -0.25) is 9.67 Å². The number of ether oxygens (including phenoxy) is 1. The van der Waals surface area contributed by atoms with Crippen LogP contribution < -0.4 is 10.6 Å². The highest BCUT2D eigenvalue weighted by atomic mass is 127. The monoisotopic (exact) mass is 443 g/mol. The van der Waals surface area contributed by atoms with Gasteiger partial charge >= 0.3 is 0 Å². The predicted octanol–water partition coefficient (Wildman–Crippen LogP) is 2.44. The summed E-state index contributed by atoms with van der Waals surface area (Å²) < 4.78 is 7.47. The molecule has 0 saturated heterocycles. The number of rotatable bonds is 8. The summed E-state index contributed by atoms with van der Waals surface area (Å²) in [5, 5.41) is 10.8. The number of benzene rings is 1. The third-order valence-corrected chi connectivity index (χ3v) is 3.55. The van der Waals surface area contributed by atoms with Crippen LogP contribution in [0.25, 0.3) is 0 Å². The third kappa shape index (κ3) is 6.88. The Bertz CT molecular complexity index is 574. The van der Waals surface area contributed by atoms with E-state index in [4.69, 9.17) is 4.74 Å². The lowest BCUT2D eigenvalue weighted by molar-refractivity contribution is 0.106. The van der Waals surface area contributed by atoms with Crippen molar-refractivity contribution in [3.05, 3.63) is 54.4 Å². The lowest BCUT2D eigenvalue weighted by Gasteiger charge is -2.18. The molecule has 0 bridgehead atoms. The van der Waals surface area contributed by atoms with Gasteiger partial charge < -0.3 is 15.4 Å². The average Bonchev–Trinajstić information content (AvgIpc) is 3.11. The minimum Gasteiger partial charge on any atom is -0.375 e. The van der Waals surface area contributed by atoms with Crippen LogP contribution in [0.15, 0.2) is 53.8 Å². The summed E-state index contributed by atoms with van der Waals surface area (Å²) in [5.41, 5.74) is 1.15. The standard InChI is InChI=1S/C17H25N5O.HI/c1-18-17(19-10-6-12-22-13-7-11-21-22)20-14-16(23-2)15-8-4-3-5-9-15;/h3-5,7-9,11,13,16H,6,10,12,14H2,1-2H3,(H2,18,19,20);1H. The van der Waals surface area contributed by atoms with Crippen molar-refractivity contribution in [3.8, 4) is 0 Å². The summed E-state index contributed by atoms with van der Waals surface area (Å²) in [6, 6.07) is 12.1. The van der Waals surface area contributed by atoms with Crippen LogP contribution in [-0.2, 0) is 11.3 Å². The number of nitrogens with zero attached hydrogens (tertiary/aromatic N) is 3. The van der Waals surface area contributed by atoms with Crippen molar-refractivity contribution in [2.24, 2.45) is 4.99 Å². The lowest BCUT2D eigenvalue weighted by atomic mass is 10.1. The van der Waals surface area contributed by atoms with E-state index in [-0.39, 0.29) is 30.1 Å². The molecule has 0 aliphatic heterocycles. The number of halogens is 1. The number of hydrogen-bond acceptors (Lipinski definition) is 3. The number of methoxy groups -OCH3 is 1. The van der Waals surface area contributed by atoms with Crippen LogP contribution in [0.5, 0.6) is 0 Å². The highest BCUT2D eigenvalue weighted by molar-refractivity contribution is 14.0. The molecular formula is C17H26IN5O. The summed E-state index contributed by atoms with van der Waals surface area (Å²) in [4.78, 5) is 4.24. The van der Waals surface area contributed by atoms with Gasteiger partial charge in [0.1, 0.15) is 0 Å². The van der Waals surface area contributed by atoms with E-state index in [1.165, 1.54) is 0 Å².